The first-order chi connectivity index (χ1) is 15.0. The summed E-state index contributed by atoms with van der Waals surface area (Å²) >= 11 is 0. The van der Waals surface area contributed by atoms with Gasteiger partial charge in [-0.15, -0.1) is 0 Å². The number of rotatable bonds is 6. The molecule has 1 N–H and O–H groups in total. The lowest BCUT2D eigenvalue weighted by atomic mass is 9.96. The Balaban J connectivity index is 1.65. The Morgan fingerprint density at radius 3 is 2.48 bits per heavy atom. The number of nitrogens with zero attached hydrogens (tertiary/aromatic N) is 1. The molecule has 31 heavy (non-hydrogen) atoms. The van der Waals surface area contributed by atoms with E-state index >= 15 is 0 Å². The molecule has 0 saturated heterocycles. The van der Waals surface area contributed by atoms with Gasteiger partial charge >= 0.3 is 0 Å². The molecule has 1 heterocycles. The van der Waals surface area contributed by atoms with Crippen molar-refractivity contribution in [3.05, 3.63) is 101 Å². The van der Waals surface area contributed by atoms with Crippen LogP contribution < -0.4 is 4.74 Å². The van der Waals surface area contributed by atoms with Gasteiger partial charge in [0.25, 0.3) is 5.91 Å². The number of hydrogen-bond donors (Lipinski definition) is 1. The summed E-state index contributed by atoms with van der Waals surface area (Å²) < 4.78 is 5.91. The van der Waals surface area contributed by atoms with Crippen molar-refractivity contribution in [2.45, 2.75) is 26.8 Å². The summed E-state index contributed by atoms with van der Waals surface area (Å²) in [5, 5.41) is 1.11. The molecule has 0 saturated carbocycles. The highest BCUT2D eigenvalue weighted by Crippen LogP contribution is 2.33. The highest BCUT2D eigenvalue weighted by molar-refractivity contribution is 5.85. The van der Waals surface area contributed by atoms with Crippen molar-refractivity contribution >= 4 is 16.8 Å². The largest absolute Gasteiger partial charge is 0.483 e. The number of aromatic amines is 1. The predicted molar refractivity (Wildman–Crippen MR) is 126 cm³/mol. The molecule has 4 aromatic rings. The number of carbonyl (C=O) groups excluding carboxylic acids is 1. The summed E-state index contributed by atoms with van der Waals surface area (Å²) in [6.07, 6.45) is 2.00. The first kappa shape index (κ1) is 20.7. The number of aryl methyl sites for hydroxylation is 2. The number of H-pyrrole nitrogens is 1. The Labute approximate surface area is 183 Å². The highest BCUT2D eigenvalue weighted by atomic mass is 16.5. The van der Waals surface area contributed by atoms with Crippen LogP contribution in [0.2, 0.25) is 0 Å². The Morgan fingerprint density at radius 2 is 1.71 bits per heavy atom. The van der Waals surface area contributed by atoms with Crippen LogP contribution in [-0.2, 0) is 4.79 Å². The average Bonchev–Trinajstić information content (AvgIpc) is 3.20. The summed E-state index contributed by atoms with van der Waals surface area (Å²) in [6.45, 7) is 6.11. The normalized spacial score (nSPS) is 12.0. The first-order valence-electron chi connectivity index (χ1n) is 10.5. The van der Waals surface area contributed by atoms with Gasteiger partial charge in [-0.1, -0.05) is 60.2 Å². The Morgan fingerprint density at radius 1 is 0.968 bits per heavy atom. The number of para-hydroxylation sites is 1. The Hall–Kier alpha value is -3.53. The molecule has 1 aromatic heterocycles. The third-order valence-corrected chi connectivity index (χ3v) is 6.00. The lowest BCUT2D eigenvalue weighted by Crippen LogP contribution is -2.35. The molecule has 158 valence electrons. The van der Waals surface area contributed by atoms with Crippen molar-refractivity contribution in [3.8, 4) is 5.75 Å². The molecule has 0 aliphatic carbocycles. The minimum atomic E-state index is -0.216. The maximum atomic E-state index is 13.2. The molecule has 0 aliphatic rings. The Bertz CT molecular complexity index is 1210. The van der Waals surface area contributed by atoms with Gasteiger partial charge in [0.2, 0.25) is 0 Å². The fourth-order valence-corrected chi connectivity index (χ4v) is 3.95. The maximum absolute atomic E-state index is 13.2. The van der Waals surface area contributed by atoms with Crippen LogP contribution in [0, 0.1) is 20.8 Å². The standard InChI is InChI=1S/C27H28N2O2/c1-18-12-14-21(15-13-18)27(23-16-28-24-10-6-5-9-22(23)24)29(4)26(30)17-31-25-11-7-8-19(2)20(25)3/h5-16,27-28H,17H2,1-4H3. The van der Waals surface area contributed by atoms with Crippen LogP contribution in [0.3, 0.4) is 0 Å². The van der Waals surface area contributed by atoms with Crippen LogP contribution in [-0.4, -0.2) is 29.4 Å². The molecule has 4 rings (SSSR count). The number of likely N-dealkylation sites (N-methyl/N-ethyl adjacent to an activating group) is 1. The molecule has 0 aliphatic heterocycles. The van der Waals surface area contributed by atoms with Gasteiger partial charge < -0.3 is 14.6 Å². The van der Waals surface area contributed by atoms with E-state index in [1.807, 2.05) is 57.4 Å². The number of fused-ring (bicyclic) bond motifs is 1. The summed E-state index contributed by atoms with van der Waals surface area (Å²) in [5.74, 6) is 0.678. The lowest BCUT2D eigenvalue weighted by molar-refractivity contribution is -0.133. The number of aromatic nitrogens is 1. The van der Waals surface area contributed by atoms with E-state index in [1.165, 1.54) is 5.56 Å². The van der Waals surface area contributed by atoms with E-state index in [0.717, 1.165) is 38.9 Å². The van der Waals surface area contributed by atoms with E-state index in [9.17, 15) is 4.79 Å². The molecule has 0 bridgehead atoms. The zero-order valence-electron chi connectivity index (χ0n) is 18.5. The molecule has 4 nitrogen and oxygen atoms in total. The van der Waals surface area contributed by atoms with Gasteiger partial charge in [-0.2, -0.15) is 0 Å². The third-order valence-electron chi connectivity index (χ3n) is 6.00. The minimum absolute atomic E-state index is 0.00842. The number of carbonyl (C=O) groups is 1. The summed E-state index contributed by atoms with van der Waals surface area (Å²) in [7, 11) is 1.85. The van der Waals surface area contributed by atoms with Gasteiger partial charge in [0.15, 0.2) is 6.61 Å². The van der Waals surface area contributed by atoms with E-state index in [2.05, 4.69) is 48.3 Å². The molecule has 4 heteroatoms. The summed E-state index contributed by atoms with van der Waals surface area (Å²) in [6, 6.07) is 22.2. The maximum Gasteiger partial charge on any atom is 0.261 e. The van der Waals surface area contributed by atoms with E-state index in [0.29, 0.717) is 0 Å². The molecule has 0 radical (unpaired) electrons. The topological polar surface area (TPSA) is 45.3 Å². The quantitative estimate of drug-likeness (QED) is 0.440. The van der Waals surface area contributed by atoms with Gasteiger partial charge in [-0.05, 0) is 49.6 Å². The van der Waals surface area contributed by atoms with Gasteiger partial charge in [-0.3, -0.25) is 4.79 Å². The molecule has 1 atom stereocenters. The van der Waals surface area contributed by atoms with Gasteiger partial charge in [0, 0.05) is 29.7 Å². The second-order valence-electron chi connectivity index (χ2n) is 8.09. The second kappa shape index (κ2) is 8.68. The zero-order valence-corrected chi connectivity index (χ0v) is 18.5. The lowest BCUT2D eigenvalue weighted by Gasteiger charge is -2.29. The SMILES string of the molecule is Cc1ccc(C(c2c[nH]c3ccccc23)N(C)C(=O)COc2cccc(C)c2C)cc1. The molecular formula is C27H28N2O2. The van der Waals surface area contributed by atoms with Crippen molar-refractivity contribution in [2.75, 3.05) is 13.7 Å². The van der Waals surface area contributed by atoms with Crippen molar-refractivity contribution < 1.29 is 9.53 Å². The number of nitrogens with one attached hydrogen (secondary N) is 1. The van der Waals surface area contributed by atoms with Gasteiger partial charge in [-0.25, -0.2) is 0 Å². The van der Waals surface area contributed by atoms with Crippen LogP contribution in [0.4, 0.5) is 0 Å². The highest BCUT2D eigenvalue weighted by Gasteiger charge is 2.26. The molecule has 3 aromatic carbocycles. The number of benzene rings is 3. The fraction of sp³-hybridized carbons (Fsp3) is 0.222. The average molecular weight is 413 g/mol. The van der Waals surface area contributed by atoms with E-state index in [-0.39, 0.29) is 18.6 Å². The summed E-state index contributed by atoms with van der Waals surface area (Å²) in [5.41, 5.74) is 6.59. The number of hydrogen-bond acceptors (Lipinski definition) is 2. The van der Waals surface area contributed by atoms with Crippen LogP contribution in [0.1, 0.15) is 33.9 Å². The first-order valence-corrected chi connectivity index (χ1v) is 10.5. The van der Waals surface area contributed by atoms with E-state index in [4.69, 9.17) is 4.74 Å². The van der Waals surface area contributed by atoms with Crippen LogP contribution in [0.5, 0.6) is 5.75 Å². The molecule has 1 amide bonds. The van der Waals surface area contributed by atoms with E-state index < -0.39 is 0 Å². The second-order valence-corrected chi connectivity index (χ2v) is 8.09. The molecular weight excluding hydrogens is 384 g/mol. The molecule has 0 spiro atoms. The van der Waals surface area contributed by atoms with Crippen molar-refractivity contribution in [3.63, 3.8) is 0 Å². The predicted octanol–water partition coefficient (Wildman–Crippen LogP) is 5.72. The van der Waals surface area contributed by atoms with Crippen molar-refractivity contribution in [1.29, 1.82) is 0 Å². The van der Waals surface area contributed by atoms with Gasteiger partial charge in [0.05, 0.1) is 6.04 Å². The van der Waals surface area contributed by atoms with Gasteiger partial charge in [0.1, 0.15) is 5.75 Å². The van der Waals surface area contributed by atoms with E-state index in [1.54, 1.807) is 4.90 Å². The number of ether oxygens (including phenoxy) is 1. The third kappa shape index (κ3) is 4.19. The molecule has 0 fully saturated rings. The van der Waals surface area contributed by atoms with Crippen molar-refractivity contribution in [2.24, 2.45) is 0 Å². The van der Waals surface area contributed by atoms with Crippen molar-refractivity contribution in [1.82, 2.24) is 9.88 Å². The monoisotopic (exact) mass is 412 g/mol. The van der Waals surface area contributed by atoms with Crippen LogP contribution in [0.25, 0.3) is 10.9 Å². The van der Waals surface area contributed by atoms with Crippen LogP contribution >= 0.6 is 0 Å². The fourth-order valence-electron chi connectivity index (χ4n) is 3.95. The van der Waals surface area contributed by atoms with Crippen LogP contribution in [0.15, 0.2) is 72.9 Å². The Kier molecular flexibility index (Phi) is 5.81. The molecule has 1 unspecified atom stereocenters. The minimum Gasteiger partial charge on any atom is -0.483 e. The summed E-state index contributed by atoms with van der Waals surface area (Å²) in [4.78, 5) is 18.3. The zero-order chi connectivity index (χ0) is 22.0. The number of amides is 1. The smallest absolute Gasteiger partial charge is 0.261 e.